The van der Waals surface area contributed by atoms with Gasteiger partial charge in [0.05, 0.1) is 10.6 Å². The zero-order valence-corrected chi connectivity index (χ0v) is 12.0. The Labute approximate surface area is 125 Å². The van der Waals surface area contributed by atoms with E-state index in [1.54, 1.807) is 37.1 Å². The molecule has 0 spiro atoms. The van der Waals surface area contributed by atoms with E-state index in [2.05, 4.69) is 25.1 Å². The first-order valence-electron chi connectivity index (χ1n) is 6.18. The van der Waals surface area contributed by atoms with E-state index in [-0.39, 0.29) is 6.01 Å². The highest BCUT2D eigenvalue weighted by molar-refractivity contribution is 7.17. The molecule has 0 aliphatic heterocycles. The van der Waals surface area contributed by atoms with Crippen molar-refractivity contribution < 1.29 is 4.84 Å². The number of oxime groups is 1. The molecule has 0 unspecified atom stereocenters. The average molecular weight is 297 g/mol. The number of aromatic nitrogens is 4. The van der Waals surface area contributed by atoms with Crippen molar-refractivity contribution in [2.24, 2.45) is 5.16 Å². The van der Waals surface area contributed by atoms with Gasteiger partial charge in [-0.05, 0) is 25.1 Å². The molecule has 3 aromatic rings. The Morgan fingerprint density at radius 3 is 2.71 bits per heavy atom. The molecule has 0 bridgehead atoms. The third-order valence-corrected chi connectivity index (χ3v) is 3.73. The minimum atomic E-state index is 0.217. The van der Waals surface area contributed by atoms with Gasteiger partial charge in [-0.2, -0.15) is 0 Å². The molecule has 0 atom stereocenters. The van der Waals surface area contributed by atoms with Crippen LogP contribution in [0.5, 0.6) is 6.01 Å². The second kappa shape index (κ2) is 6.19. The summed E-state index contributed by atoms with van der Waals surface area (Å²) in [6.07, 6.45) is 8.48. The number of pyridine rings is 1. The fraction of sp³-hybridized carbons (Fsp3) is 0.0714. The fourth-order valence-corrected chi connectivity index (χ4v) is 2.39. The third-order valence-electron chi connectivity index (χ3n) is 2.58. The van der Waals surface area contributed by atoms with E-state index in [0.29, 0.717) is 0 Å². The van der Waals surface area contributed by atoms with Crippen LogP contribution >= 0.6 is 11.3 Å². The largest absolute Gasteiger partial charge is 0.345 e. The summed E-state index contributed by atoms with van der Waals surface area (Å²) in [4.78, 5) is 22.4. The van der Waals surface area contributed by atoms with Crippen LogP contribution in [-0.4, -0.2) is 25.6 Å². The average Bonchev–Trinajstić information content (AvgIpc) is 3.04. The molecule has 0 aliphatic carbocycles. The number of hydrogen-bond donors (Lipinski definition) is 0. The highest BCUT2D eigenvalue weighted by Gasteiger charge is 2.07. The van der Waals surface area contributed by atoms with Crippen molar-refractivity contribution in [3.05, 3.63) is 54.1 Å². The summed E-state index contributed by atoms with van der Waals surface area (Å²) in [5.41, 5.74) is 1.70. The molecule has 104 valence electrons. The van der Waals surface area contributed by atoms with Crippen LogP contribution in [0, 0.1) is 0 Å². The van der Waals surface area contributed by atoms with Gasteiger partial charge in [-0.15, -0.1) is 11.3 Å². The van der Waals surface area contributed by atoms with Crippen LogP contribution in [-0.2, 0) is 0 Å². The summed E-state index contributed by atoms with van der Waals surface area (Å²) in [5, 5.41) is 4.91. The van der Waals surface area contributed by atoms with Gasteiger partial charge in [0.2, 0.25) is 0 Å². The van der Waals surface area contributed by atoms with Crippen molar-refractivity contribution in [1.29, 1.82) is 0 Å². The van der Waals surface area contributed by atoms with Gasteiger partial charge in [0.25, 0.3) is 0 Å². The standard InChI is InChI=1S/C14H11N5OS/c1-10(19-20-14-16-6-3-7-17-14)12-9-18-13(21-12)11-4-2-5-15-8-11/h2-9H,1H3/b19-10+. The van der Waals surface area contributed by atoms with Crippen molar-refractivity contribution in [1.82, 2.24) is 19.9 Å². The zero-order valence-electron chi connectivity index (χ0n) is 11.2. The van der Waals surface area contributed by atoms with Crippen molar-refractivity contribution in [2.75, 3.05) is 0 Å². The van der Waals surface area contributed by atoms with E-state index in [4.69, 9.17) is 4.84 Å². The van der Waals surface area contributed by atoms with Crippen molar-refractivity contribution in [2.45, 2.75) is 6.92 Å². The van der Waals surface area contributed by atoms with Crippen molar-refractivity contribution >= 4 is 17.0 Å². The topological polar surface area (TPSA) is 73.2 Å². The van der Waals surface area contributed by atoms with E-state index in [1.165, 1.54) is 11.3 Å². The summed E-state index contributed by atoms with van der Waals surface area (Å²) in [6.45, 7) is 1.85. The van der Waals surface area contributed by atoms with E-state index >= 15 is 0 Å². The molecule has 3 heterocycles. The molecule has 21 heavy (non-hydrogen) atoms. The second-order valence-electron chi connectivity index (χ2n) is 4.07. The van der Waals surface area contributed by atoms with Gasteiger partial charge in [0.15, 0.2) is 0 Å². The van der Waals surface area contributed by atoms with Gasteiger partial charge in [-0.25, -0.2) is 15.0 Å². The normalized spacial score (nSPS) is 11.4. The van der Waals surface area contributed by atoms with E-state index in [0.717, 1.165) is 21.2 Å². The maximum atomic E-state index is 5.17. The summed E-state index contributed by atoms with van der Waals surface area (Å²) in [5.74, 6) is 0. The molecule has 0 saturated carbocycles. The fourth-order valence-electron chi connectivity index (χ4n) is 1.55. The van der Waals surface area contributed by atoms with Crippen LogP contribution in [0.4, 0.5) is 0 Å². The molecule has 0 aliphatic rings. The highest BCUT2D eigenvalue weighted by atomic mass is 32.1. The molecule has 7 heteroatoms. The first-order chi connectivity index (χ1) is 10.3. The number of rotatable bonds is 4. The molecule has 0 aromatic carbocycles. The van der Waals surface area contributed by atoms with Gasteiger partial charge >= 0.3 is 6.01 Å². The van der Waals surface area contributed by atoms with Gasteiger partial charge < -0.3 is 4.84 Å². The molecule has 0 amide bonds. The molecule has 6 nitrogen and oxygen atoms in total. The molecule has 0 fully saturated rings. The Balaban J connectivity index is 1.77. The van der Waals surface area contributed by atoms with Crippen LogP contribution in [0.3, 0.4) is 0 Å². The Morgan fingerprint density at radius 1 is 1.10 bits per heavy atom. The van der Waals surface area contributed by atoms with Crippen LogP contribution in [0.1, 0.15) is 11.8 Å². The lowest BCUT2D eigenvalue weighted by atomic mass is 10.3. The van der Waals surface area contributed by atoms with Crippen molar-refractivity contribution in [3.63, 3.8) is 0 Å². The molecule has 0 saturated heterocycles. The number of thiazole rings is 1. The Hall–Kier alpha value is -2.67. The Bertz CT molecular complexity index is 742. The first kappa shape index (κ1) is 13.3. The van der Waals surface area contributed by atoms with Gasteiger partial charge in [0.1, 0.15) is 5.01 Å². The van der Waals surface area contributed by atoms with Crippen LogP contribution in [0.15, 0.2) is 54.3 Å². The highest BCUT2D eigenvalue weighted by Crippen LogP contribution is 2.24. The van der Waals surface area contributed by atoms with Crippen LogP contribution < -0.4 is 4.84 Å². The van der Waals surface area contributed by atoms with Gasteiger partial charge in [0, 0.05) is 36.5 Å². The molecule has 3 aromatic heterocycles. The second-order valence-corrected chi connectivity index (χ2v) is 5.10. The maximum absolute atomic E-state index is 5.17. The lowest BCUT2D eigenvalue weighted by Gasteiger charge is -1.97. The minimum absolute atomic E-state index is 0.217. The predicted molar refractivity (Wildman–Crippen MR) is 80.2 cm³/mol. The first-order valence-corrected chi connectivity index (χ1v) is 7.00. The van der Waals surface area contributed by atoms with Gasteiger partial charge in [-0.3, -0.25) is 4.98 Å². The lowest BCUT2D eigenvalue weighted by molar-refractivity contribution is 0.312. The summed E-state index contributed by atoms with van der Waals surface area (Å²) in [7, 11) is 0. The van der Waals surface area contributed by atoms with Gasteiger partial charge in [-0.1, -0.05) is 5.16 Å². The number of nitrogens with zero attached hydrogens (tertiary/aromatic N) is 5. The van der Waals surface area contributed by atoms with E-state index < -0.39 is 0 Å². The Morgan fingerprint density at radius 2 is 1.95 bits per heavy atom. The quantitative estimate of drug-likeness (QED) is 0.547. The zero-order chi connectivity index (χ0) is 14.5. The molecule has 3 rings (SSSR count). The molecule has 0 radical (unpaired) electrons. The summed E-state index contributed by atoms with van der Waals surface area (Å²) in [6, 6.07) is 5.78. The predicted octanol–water partition coefficient (Wildman–Crippen LogP) is 2.80. The van der Waals surface area contributed by atoms with Crippen LogP contribution in [0.25, 0.3) is 10.6 Å². The molecule has 0 N–H and O–H groups in total. The molecular formula is C14H11N5OS. The van der Waals surface area contributed by atoms with E-state index in [9.17, 15) is 0 Å². The summed E-state index contributed by atoms with van der Waals surface area (Å²) >= 11 is 1.53. The monoisotopic (exact) mass is 297 g/mol. The maximum Gasteiger partial charge on any atom is 0.345 e. The summed E-state index contributed by atoms with van der Waals surface area (Å²) < 4.78 is 0. The van der Waals surface area contributed by atoms with Crippen LogP contribution in [0.2, 0.25) is 0 Å². The number of hydrogen-bond acceptors (Lipinski definition) is 7. The van der Waals surface area contributed by atoms with Crippen molar-refractivity contribution in [3.8, 4) is 16.6 Å². The Kier molecular flexibility index (Phi) is 3.92. The molecular weight excluding hydrogens is 286 g/mol. The SMILES string of the molecule is C/C(=N\Oc1ncccn1)c1cnc(-c2cccnc2)s1. The third kappa shape index (κ3) is 3.26. The van der Waals surface area contributed by atoms with E-state index in [1.807, 2.05) is 19.1 Å². The minimum Gasteiger partial charge on any atom is -0.315 e. The smallest absolute Gasteiger partial charge is 0.315 e. The lowest BCUT2D eigenvalue weighted by Crippen LogP contribution is -1.97.